The molecule has 20 heavy (non-hydrogen) atoms. The molecule has 3 heteroatoms. The Balaban J connectivity index is 1.65. The first-order valence-electron chi connectivity index (χ1n) is 8.03. The Hall–Kier alpha value is -0.900. The molecule has 1 aliphatic heterocycles. The van der Waals surface area contributed by atoms with Crippen LogP contribution in [0.25, 0.3) is 0 Å². The topological polar surface area (TPSA) is 44.3 Å². The van der Waals surface area contributed by atoms with Gasteiger partial charge in [-0.25, -0.2) is 0 Å². The van der Waals surface area contributed by atoms with Gasteiger partial charge >= 0.3 is 0 Å². The third-order valence-electron chi connectivity index (χ3n) is 4.98. The molecule has 3 N–H and O–H groups in total. The molecule has 0 bridgehead atoms. The van der Waals surface area contributed by atoms with Crippen LogP contribution >= 0.6 is 0 Å². The molecule has 1 saturated carbocycles. The Bertz CT molecular complexity index is 403. The number of aliphatic hydroxyl groups is 1. The predicted octanol–water partition coefficient (Wildman–Crippen LogP) is 2.23. The lowest BCUT2D eigenvalue weighted by Crippen LogP contribution is -2.44. The molecule has 0 aromatic heterocycles. The SMILES string of the molecule is OC[C@@H](NC1CCCC1C1CCCN1)c1ccccc1. The third-order valence-corrected chi connectivity index (χ3v) is 4.98. The van der Waals surface area contributed by atoms with Gasteiger partial charge in [-0.05, 0) is 43.7 Å². The normalized spacial score (nSPS) is 31.6. The van der Waals surface area contributed by atoms with Crippen molar-refractivity contribution in [2.45, 2.75) is 50.2 Å². The molecule has 1 aliphatic carbocycles. The lowest BCUT2D eigenvalue weighted by molar-refractivity contribution is 0.213. The standard InChI is InChI=1S/C17H26N2O/c20-12-17(13-6-2-1-3-7-13)19-16-9-4-8-14(16)15-10-5-11-18-15/h1-3,6-7,14-20H,4-5,8-12H2/t14?,15?,16?,17-/m1/s1. The number of aliphatic hydroxyl groups excluding tert-OH is 1. The molecule has 0 amide bonds. The minimum absolute atomic E-state index is 0.0724. The van der Waals surface area contributed by atoms with Gasteiger partial charge in [-0.3, -0.25) is 0 Å². The van der Waals surface area contributed by atoms with E-state index in [4.69, 9.17) is 0 Å². The lowest BCUT2D eigenvalue weighted by atomic mass is 9.92. The van der Waals surface area contributed by atoms with Crippen LogP contribution in [-0.2, 0) is 0 Å². The van der Waals surface area contributed by atoms with Crippen LogP contribution in [0.2, 0.25) is 0 Å². The summed E-state index contributed by atoms with van der Waals surface area (Å²) in [5.41, 5.74) is 1.19. The van der Waals surface area contributed by atoms with E-state index in [-0.39, 0.29) is 12.6 Å². The van der Waals surface area contributed by atoms with Crippen molar-refractivity contribution in [1.82, 2.24) is 10.6 Å². The molecular weight excluding hydrogens is 248 g/mol. The molecule has 1 heterocycles. The number of hydrogen-bond acceptors (Lipinski definition) is 3. The van der Waals surface area contributed by atoms with Crippen LogP contribution in [0.15, 0.2) is 30.3 Å². The van der Waals surface area contributed by atoms with Gasteiger partial charge in [-0.2, -0.15) is 0 Å². The predicted molar refractivity (Wildman–Crippen MR) is 81.6 cm³/mol. The van der Waals surface area contributed by atoms with Gasteiger partial charge in [0.15, 0.2) is 0 Å². The molecular formula is C17H26N2O. The molecule has 0 spiro atoms. The molecule has 2 aliphatic rings. The molecule has 2 fully saturated rings. The second kappa shape index (κ2) is 6.70. The van der Waals surface area contributed by atoms with Crippen molar-refractivity contribution in [1.29, 1.82) is 0 Å². The Labute approximate surface area is 121 Å². The van der Waals surface area contributed by atoms with Gasteiger partial charge < -0.3 is 15.7 Å². The minimum atomic E-state index is 0.0724. The van der Waals surface area contributed by atoms with Gasteiger partial charge in [0, 0.05) is 12.1 Å². The second-order valence-corrected chi connectivity index (χ2v) is 6.22. The van der Waals surface area contributed by atoms with Crippen LogP contribution < -0.4 is 10.6 Å². The van der Waals surface area contributed by atoms with Crippen molar-refractivity contribution >= 4 is 0 Å². The first-order valence-corrected chi connectivity index (χ1v) is 8.03. The van der Waals surface area contributed by atoms with Crippen LogP contribution in [0, 0.1) is 5.92 Å². The van der Waals surface area contributed by atoms with E-state index in [2.05, 4.69) is 22.8 Å². The van der Waals surface area contributed by atoms with E-state index in [1.54, 1.807) is 0 Å². The fourth-order valence-electron chi connectivity index (χ4n) is 3.95. The van der Waals surface area contributed by atoms with Gasteiger partial charge in [0.05, 0.1) is 12.6 Å². The zero-order valence-electron chi connectivity index (χ0n) is 12.1. The highest BCUT2D eigenvalue weighted by Crippen LogP contribution is 2.33. The molecule has 110 valence electrons. The van der Waals surface area contributed by atoms with Crippen molar-refractivity contribution in [3.05, 3.63) is 35.9 Å². The molecule has 1 saturated heterocycles. The Kier molecular flexibility index (Phi) is 4.71. The van der Waals surface area contributed by atoms with Crippen molar-refractivity contribution in [2.24, 2.45) is 5.92 Å². The first-order chi connectivity index (χ1) is 9.88. The van der Waals surface area contributed by atoms with Gasteiger partial charge in [-0.15, -0.1) is 0 Å². The molecule has 3 unspecified atom stereocenters. The van der Waals surface area contributed by atoms with E-state index in [1.807, 2.05) is 18.2 Å². The van der Waals surface area contributed by atoms with Crippen LogP contribution in [0.4, 0.5) is 0 Å². The molecule has 1 aromatic rings. The fraction of sp³-hybridized carbons (Fsp3) is 0.647. The van der Waals surface area contributed by atoms with Crippen molar-refractivity contribution in [2.75, 3.05) is 13.2 Å². The average molecular weight is 274 g/mol. The summed E-state index contributed by atoms with van der Waals surface area (Å²) in [6.45, 7) is 1.35. The highest BCUT2D eigenvalue weighted by Gasteiger charge is 2.35. The van der Waals surface area contributed by atoms with E-state index in [0.717, 1.165) is 5.92 Å². The fourth-order valence-corrected chi connectivity index (χ4v) is 3.95. The summed E-state index contributed by atoms with van der Waals surface area (Å²) in [6.07, 6.45) is 6.51. The smallest absolute Gasteiger partial charge is 0.0626 e. The van der Waals surface area contributed by atoms with Crippen molar-refractivity contribution in [3.8, 4) is 0 Å². The van der Waals surface area contributed by atoms with Crippen molar-refractivity contribution in [3.63, 3.8) is 0 Å². The molecule has 3 nitrogen and oxygen atoms in total. The molecule has 0 radical (unpaired) electrons. The number of rotatable bonds is 5. The lowest BCUT2D eigenvalue weighted by Gasteiger charge is -2.30. The summed E-state index contributed by atoms with van der Waals surface area (Å²) in [5, 5.41) is 17.1. The van der Waals surface area contributed by atoms with Crippen LogP contribution in [0.1, 0.15) is 43.7 Å². The largest absolute Gasteiger partial charge is 0.394 e. The van der Waals surface area contributed by atoms with Gasteiger partial charge in [-0.1, -0.05) is 36.8 Å². The van der Waals surface area contributed by atoms with Crippen LogP contribution in [0.3, 0.4) is 0 Å². The highest BCUT2D eigenvalue weighted by atomic mass is 16.3. The Morgan fingerprint density at radius 1 is 1.15 bits per heavy atom. The summed E-state index contributed by atoms with van der Waals surface area (Å²) in [5.74, 6) is 0.732. The highest BCUT2D eigenvalue weighted by molar-refractivity contribution is 5.19. The molecule has 1 aromatic carbocycles. The summed E-state index contributed by atoms with van der Waals surface area (Å²) >= 11 is 0. The van der Waals surface area contributed by atoms with Gasteiger partial charge in [0.25, 0.3) is 0 Å². The van der Waals surface area contributed by atoms with Gasteiger partial charge in [0.1, 0.15) is 0 Å². The first kappa shape index (κ1) is 14.1. The van der Waals surface area contributed by atoms with E-state index in [1.165, 1.54) is 44.2 Å². The average Bonchev–Trinajstić information content (AvgIpc) is 3.16. The summed E-state index contributed by atoms with van der Waals surface area (Å²) in [7, 11) is 0. The van der Waals surface area contributed by atoms with Crippen LogP contribution in [0.5, 0.6) is 0 Å². The zero-order chi connectivity index (χ0) is 13.8. The van der Waals surface area contributed by atoms with E-state index >= 15 is 0 Å². The zero-order valence-corrected chi connectivity index (χ0v) is 12.1. The summed E-state index contributed by atoms with van der Waals surface area (Å²) < 4.78 is 0. The molecule has 4 atom stereocenters. The summed E-state index contributed by atoms with van der Waals surface area (Å²) in [6, 6.07) is 11.6. The quantitative estimate of drug-likeness (QED) is 0.771. The van der Waals surface area contributed by atoms with E-state index in [9.17, 15) is 5.11 Å². The number of hydrogen-bond donors (Lipinski definition) is 3. The summed E-state index contributed by atoms with van der Waals surface area (Å²) in [4.78, 5) is 0. The molecule has 3 rings (SSSR count). The maximum absolute atomic E-state index is 9.71. The number of nitrogens with one attached hydrogen (secondary N) is 2. The monoisotopic (exact) mass is 274 g/mol. The third kappa shape index (κ3) is 3.05. The van der Waals surface area contributed by atoms with Crippen molar-refractivity contribution < 1.29 is 5.11 Å². The maximum atomic E-state index is 9.71. The van der Waals surface area contributed by atoms with E-state index in [0.29, 0.717) is 12.1 Å². The second-order valence-electron chi connectivity index (χ2n) is 6.22. The van der Waals surface area contributed by atoms with Crippen LogP contribution in [-0.4, -0.2) is 30.3 Å². The maximum Gasteiger partial charge on any atom is 0.0626 e. The van der Waals surface area contributed by atoms with E-state index < -0.39 is 0 Å². The Morgan fingerprint density at radius 2 is 2.00 bits per heavy atom. The number of benzene rings is 1. The Morgan fingerprint density at radius 3 is 2.70 bits per heavy atom. The minimum Gasteiger partial charge on any atom is -0.394 e. The van der Waals surface area contributed by atoms with Gasteiger partial charge in [0.2, 0.25) is 0 Å².